The number of nitrogens with zero attached hydrogens (tertiary/aromatic N) is 1. The van der Waals surface area contributed by atoms with Crippen molar-refractivity contribution in [2.24, 2.45) is 0 Å². The van der Waals surface area contributed by atoms with Crippen LogP contribution >= 0.6 is 0 Å². The van der Waals surface area contributed by atoms with Gasteiger partial charge in [-0.05, 0) is 38.9 Å². The fourth-order valence-electron chi connectivity index (χ4n) is 2.01. The minimum atomic E-state index is -0.336. The fraction of sp³-hybridized carbons (Fsp3) is 0.500. The Labute approximate surface area is 130 Å². The minimum absolute atomic E-state index is 0.0285. The number of amides is 2. The van der Waals surface area contributed by atoms with Crippen molar-refractivity contribution in [1.29, 1.82) is 0 Å². The summed E-state index contributed by atoms with van der Waals surface area (Å²) in [7, 11) is 3.34. The molecule has 120 valence electrons. The van der Waals surface area contributed by atoms with Crippen molar-refractivity contribution in [2.75, 3.05) is 26.0 Å². The molecule has 2 amide bonds. The third-order valence-electron chi connectivity index (χ3n) is 3.71. The first-order valence-corrected chi connectivity index (χ1v) is 7.44. The Morgan fingerprint density at radius 1 is 1.41 bits per heavy atom. The fourth-order valence-corrected chi connectivity index (χ4v) is 2.01. The summed E-state index contributed by atoms with van der Waals surface area (Å²) >= 11 is 0. The highest BCUT2D eigenvalue weighted by atomic mass is 16.5. The number of carbonyl (C=O) groups is 2. The van der Waals surface area contributed by atoms with E-state index in [1.165, 1.54) is 0 Å². The summed E-state index contributed by atoms with van der Waals surface area (Å²) in [6, 6.07) is 7.16. The van der Waals surface area contributed by atoms with Crippen LogP contribution in [-0.4, -0.2) is 49.5 Å². The smallest absolute Gasteiger partial charge is 0.238 e. The Hall–Kier alpha value is -2.08. The molecule has 0 radical (unpaired) electrons. The number of hydrogen-bond donors (Lipinski definition) is 2. The molecule has 0 spiro atoms. The van der Waals surface area contributed by atoms with Crippen LogP contribution in [0.15, 0.2) is 24.3 Å². The summed E-state index contributed by atoms with van der Waals surface area (Å²) in [6.07, 6.45) is 2.11. The molecule has 2 rings (SSSR count). The third-order valence-corrected chi connectivity index (χ3v) is 3.71. The van der Waals surface area contributed by atoms with Crippen LogP contribution in [0.2, 0.25) is 0 Å². The van der Waals surface area contributed by atoms with Gasteiger partial charge in [0.25, 0.3) is 0 Å². The average molecular weight is 305 g/mol. The molecule has 6 heteroatoms. The SMILES string of the molecule is COc1cccc(NC(=O)CN(C)[C@@H](C)C(=O)NC2CC2)c1. The van der Waals surface area contributed by atoms with Gasteiger partial charge in [-0.3, -0.25) is 14.5 Å². The van der Waals surface area contributed by atoms with E-state index in [0.717, 1.165) is 12.8 Å². The summed E-state index contributed by atoms with van der Waals surface area (Å²) in [5.74, 6) is 0.490. The number of rotatable bonds is 7. The number of nitrogens with one attached hydrogen (secondary N) is 2. The topological polar surface area (TPSA) is 70.7 Å². The van der Waals surface area contributed by atoms with Crippen LogP contribution in [0.5, 0.6) is 5.75 Å². The van der Waals surface area contributed by atoms with Gasteiger partial charge in [0, 0.05) is 17.8 Å². The highest BCUT2D eigenvalue weighted by Gasteiger charge is 2.27. The van der Waals surface area contributed by atoms with Gasteiger partial charge in [-0.15, -0.1) is 0 Å². The molecule has 1 aliphatic carbocycles. The van der Waals surface area contributed by atoms with Gasteiger partial charge in [0.2, 0.25) is 11.8 Å². The standard InChI is InChI=1S/C16H23N3O3/c1-11(16(21)18-12-7-8-12)19(2)10-15(20)17-13-5-4-6-14(9-13)22-3/h4-6,9,11-12H,7-8,10H2,1-3H3,(H,17,20)(H,18,21)/t11-/m0/s1. The molecular weight excluding hydrogens is 282 g/mol. The second-order valence-corrected chi connectivity index (χ2v) is 5.65. The number of methoxy groups -OCH3 is 1. The van der Waals surface area contributed by atoms with Crippen molar-refractivity contribution in [2.45, 2.75) is 31.8 Å². The van der Waals surface area contributed by atoms with Crippen molar-refractivity contribution in [3.05, 3.63) is 24.3 Å². The first kappa shape index (κ1) is 16.3. The highest BCUT2D eigenvalue weighted by Crippen LogP contribution is 2.19. The summed E-state index contributed by atoms with van der Waals surface area (Å²) in [5, 5.41) is 5.75. The van der Waals surface area contributed by atoms with Crippen molar-refractivity contribution < 1.29 is 14.3 Å². The molecular formula is C16H23N3O3. The van der Waals surface area contributed by atoms with E-state index in [4.69, 9.17) is 4.74 Å². The lowest BCUT2D eigenvalue weighted by atomic mass is 10.2. The predicted octanol–water partition coefficient (Wildman–Crippen LogP) is 1.23. The van der Waals surface area contributed by atoms with Gasteiger partial charge < -0.3 is 15.4 Å². The molecule has 0 unspecified atom stereocenters. The first-order valence-electron chi connectivity index (χ1n) is 7.44. The molecule has 1 aliphatic rings. The molecule has 1 aromatic carbocycles. The van der Waals surface area contributed by atoms with E-state index < -0.39 is 0 Å². The molecule has 0 saturated heterocycles. The van der Waals surface area contributed by atoms with E-state index in [2.05, 4.69) is 10.6 Å². The molecule has 6 nitrogen and oxygen atoms in total. The van der Waals surface area contributed by atoms with Crippen LogP contribution in [0.25, 0.3) is 0 Å². The molecule has 0 bridgehead atoms. The van der Waals surface area contributed by atoms with Crippen LogP contribution in [0, 0.1) is 0 Å². The molecule has 1 atom stereocenters. The second kappa shape index (κ2) is 7.26. The van der Waals surface area contributed by atoms with Crippen LogP contribution in [0.3, 0.4) is 0 Å². The molecule has 22 heavy (non-hydrogen) atoms. The molecule has 0 aliphatic heterocycles. The van der Waals surface area contributed by atoms with Gasteiger partial charge in [-0.1, -0.05) is 6.07 Å². The number of likely N-dealkylation sites (N-methyl/N-ethyl adjacent to an activating group) is 1. The van der Waals surface area contributed by atoms with E-state index in [0.29, 0.717) is 17.5 Å². The zero-order valence-corrected chi connectivity index (χ0v) is 13.3. The Morgan fingerprint density at radius 3 is 2.77 bits per heavy atom. The maximum Gasteiger partial charge on any atom is 0.238 e. The Balaban J connectivity index is 1.83. The van der Waals surface area contributed by atoms with Gasteiger partial charge in [-0.2, -0.15) is 0 Å². The maximum atomic E-state index is 12.1. The molecule has 2 N–H and O–H groups in total. The molecule has 1 fully saturated rings. The van der Waals surface area contributed by atoms with E-state index in [1.807, 2.05) is 12.1 Å². The van der Waals surface area contributed by atoms with Crippen LogP contribution in [-0.2, 0) is 9.59 Å². The van der Waals surface area contributed by atoms with Gasteiger partial charge in [0.1, 0.15) is 5.75 Å². The van der Waals surface area contributed by atoms with Gasteiger partial charge >= 0.3 is 0 Å². The second-order valence-electron chi connectivity index (χ2n) is 5.65. The van der Waals surface area contributed by atoms with Crippen molar-refractivity contribution in [3.63, 3.8) is 0 Å². The van der Waals surface area contributed by atoms with Gasteiger partial charge in [-0.25, -0.2) is 0 Å². The minimum Gasteiger partial charge on any atom is -0.497 e. The van der Waals surface area contributed by atoms with Crippen molar-refractivity contribution >= 4 is 17.5 Å². The molecule has 0 heterocycles. The molecule has 0 aromatic heterocycles. The van der Waals surface area contributed by atoms with E-state index in [9.17, 15) is 9.59 Å². The number of anilines is 1. The zero-order chi connectivity index (χ0) is 16.1. The normalized spacial score (nSPS) is 15.3. The Morgan fingerprint density at radius 2 is 2.14 bits per heavy atom. The van der Waals surface area contributed by atoms with Crippen LogP contribution in [0.4, 0.5) is 5.69 Å². The number of carbonyl (C=O) groups excluding carboxylic acids is 2. The Kier molecular flexibility index (Phi) is 5.38. The van der Waals surface area contributed by atoms with Crippen molar-refractivity contribution in [3.8, 4) is 5.75 Å². The van der Waals surface area contributed by atoms with Crippen LogP contribution < -0.4 is 15.4 Å². The molecule has 1 aromatic rings. The highest BCUT2D eigenvalue weighted by molar-refractivity contribution is 5.93. The summed E-state index contributed by atoms with van der Waals surface area (Å²) < 4.78 is 5.12. The monoisotopic (exact) mass is 305 g/mol. The zero-order valence-electron chi connectivity index (χ0n) is 13.3. The number of benzene rings is 1. The quantitative estimate of drug-likeness (QED) is 0.795. The van der Waals surface area contributed by atoms with Gasteiger partial charge in [0.05, 0.1) is 19.7 Å². The first-order chi connectivity index (χ1) is 10.5. The van der Waals surface area contributed by atoms with E-state index >= 15 is 0 Å². The lowest BCUT2D eigenvalue weighted by Gasteiger charge is -2.23. The largest absolute Gasteiger partial charge is 0.497 e. The average Bonchev–Trinajstić information content (AvgIpc) is 3.30. The Bertz CT molecular complexity index is 543. The van der Waals surface area contributed by atoms with Crippen LogP contribution in [0.1, 0.15) is 19.8 Å². The maximum absolute atomic E-state index is 12.1. The predicted molar refractivity (Wildman–Crippen MR) is 84.9 cm³/mol. The van der Waals surface area contributed by atoms with E-state index in [-0.39, 0.29) is 24.4 Å². The van der Waals surface area contributed by atoms with Crippen molar-refractivity contribution in [1.82, 2.24) is 10.2 Å². The third kappa shape index (κ3) is 4.73. The number of ether oxygens (including phenoxy) is 1. The van der Waals surface area contributed by atoms with Gasteiger partial charge in [0.15, 0.2) is 0 Å². The molecule has 1 saturated carbocycles. The number of hydrogen-bond acceptors (Lipinski definition) is 4. The summed E-state index contributed by atoms with van der Waals surface area (Å²) in [5.41, 5.74) is 0.674. The lowest BCUT2D eigenvalue weighted by Crippen LogP contribution is -2.46. The lowest BCUT2D eigenvalue weighted by molar-refractivity contribution is -0.126. The summed E-state index contributed by atoms with van der Waals surface area (Å²) in [6.45, 7) is 1.95. The summed E-state index contributed by atoms with van der Waals surface area (Å²) in [4.78, 5) is 25.7. The van der Waals surface area contributed by atoms with E-state index in [1.54, 1.807) is 38.1 Å².